The van der Waals surface area contributed by atoms with Gasteiger partial charge in [-0.05, 0) is 31.7 Å². The molecule has 0 unspecified atom stereocenters. The topological polar surface area (TPSA) is 67.8 Å². The van der Waals surface area contributed by atoms with E-state index in [0.717, 1.165) is 53.2 Å². The number of carbonyl (C=O) groups excluding carboxylic acids is 1. The minimum Gasteiger partial charge on any atom is -0.387 e. The molecule has 3 rings (SSSR count). The van der Waals surface area contributed by atoms with Gasteiger partial charge in [0, 0.05) is 37.0 Å². The van der Waals surface area contributed by atoms with Crippen molar-refractivity contribution in [1.82, 2.24) is 15.2 Å². The largest absolute Gasteiger partial charge is 0.387 e. The first kappa shape index (κ1) is 14.1. The zero-order chi connectivity index (χ0) is 14.7. The fourth-order valence-corrected chi connectivity index (χ4v) is 3.83. The van der Waals surface area contributed by atoms with Crippen molar-refractivity contribution in [3.63, 3.8) is 0 Å². The van der Waals surface area contributed by atoms with Gasteiger partial charge in [0.15, 0.2) is 5.01 Å². The highest BCUT2D eigenvalue weighted by atomic mass is 32.1. The van der Waals surface area contributed by atoms with Gasteiger partial charge in [0.25, 0.3) is 0 Å². The number of nitrogens with zero attached hydrogens (tertiary/aromatic N) is 3. The van der Waals surface area contributed by atoms with Gasteiger partial charge in [-0.15, -0.1) is 10.2 Å². The summed E-state index contributed by atoms with van der Waals surface area (Å²) in [6, 6.07) is 1.94. The molecule has 5 nitrogen and oxygen atoms in total. The summed E-state index contributed by atoms with van der Waals surface area (Å²) in [5.74, 6) is 0.685. The first-order valence-electron chi connectivity index (χ1n) is 7.22. The van der Waals surface area contributed by atoms with Crippen molar-refractivity contribution in [2.75, 3.05) is 12.4 Å². The van der Waals surface area contributed by atoms with E-state index < -0.39 is 0 Å². The zero-order valence-electron chi connectivity index (χ0n) is 12.0. The summed E-state index contributed by atoms with van der Waals surface area (Å²) in [5.41, 5.74) is 2.00. The second-order valence-electron chi connectivity index (χ2n) is 5.36. The molecule has 0 aromatic carbocycles. The molecule has 1 aliphatic rings. The van der Waals surface area contributed by atoms with Crippen LogP contribution in [0, 0.1) is 5.92 Å². The predicted molar refractivity (Wildman–Crippen MR) is 83.4 cm³/mol. The van der Waals surface area contributed by atoms with Crippen molar-refractivity contribution in [3.05, 3.63) is 23.5 Å². The maximum Gasteiger partial charge on any atom is 0.151 e. The summed E-state index contributed by atoms with van der Waals surface area (Å²) in [7, 11) is 1.89. The monoisotopic (exact) mass is 302 g/mol. The van der Waals surface area contributed by atoms with E-state index in [4.69, 9.17) is 0 Å². The molecule has 0 radical (unpaired) electrons. The van der Waals surface area contributed by atoms with Crippen molar-refractivity contribution in [1.29, 1.82) is 0 Å². The molecule has 6 heteroatoms. The molecule has 0 atom stereocenters. The van der Waals surface area contributed by atoms with E-state index in [2.05, 4.69) is 20.5 Å². The number of pyridine rings is 1. The lowest BCUT2D eigenvalue weighted by atomic mass is 9.83. The Bertz CT molecular complexity index is 620. The number of hydrogen-bond donors (Lipinski definition) is 1. The smallest absolute Gasteiger partial charge is 0.151 e. The highest BCUT2D eigenvalue weighted by Gasteiger charge is 2.25. The molecule has 0 bridgehead atoms. The van der Waals surface area contributed by atoms with Crippen molar-refractivity contribution in [2.24, 2.45) is 5.92 Å². The Morgan fingerprint density at radius 2 is 2.10 bits per heavy atom. The molecule has 21 heavy (non-hydrogen) atoms. The van der Waals surface area contributed by atoms with Gasteiger partial charge in [0.1, 0.15) is 11.3 Å². The summed E-state index contributed by atoms with van der Waals surface area (Å²) in [6.45, 7) is 0. The molecule has 2 aromatic heterocycles. The molecule has 1 saturated carbocycles. The lowest BCUT2D eigenvalue weighted by Gasteiger charge is -2.23. The molecule has 2 aromatic rings. The third-order valence-electron chi connectivity index (χ3n) is 4.07. The number of aldehydes is 1. The standard InChI is InChI=1S/C15H18N4OS/c1-16-13-6-7-17-8-12(13)15-19-18-14(21-15)11-4-2-10(9-20)3-5-11/h6-11H,2-5H2,1H3,(H,16,17). The molecule has 1 N–H and O–H groups in total. The number of carbonyl (C=O) groups is 1. The Labute approximate surface area is 127 Å². The minimum atomic E-state index is 0.239. The summed E-state index contributed by atoms with van der Waals surface area (Å²) in [6.07, 6.45) is 8.68. The first-order chi connectivity index (χ1) is 10.3. The second kappa shape index (κ2) is 6.30. The number of rotatable bonds is 4. The molecule has 0 saturated heterocycles. The minimum absolute atomic E-state index is 0.239. The van der Waals surface area contributed by atoms with Crippen LogP contribution in [0.3, 0.4) is 0 Å². The van der Waals surface area contributed by atoms with Gasteiger partial charge in [0.2, 0.25) is 0 Å². The zero-order valence-corrected chi connectivity index (χ0v) is 12.8. The Balaban J connectivity index is 1.79. The Kier molecular flexibility index (Phi) is 4.24. The molecule has 0 spiro atoms. The lowest BCUT2D eigenvalue weighted by Crippen LogP contribution is -2.13. The summed E-state index contributed by atoms with van der Waals surface area (Å²) < 4.78 is 0. The third kappa shape index (κ3) is 2.95. The summed E-state index contributed by atoms with van der Waals surface area (Å²) >= 11 is 1.64. The Morgan fingerprint density at radius 1 is 1.29 bits per heavy atom. The Morgan fingerprint density at radius 3 is 2.81 bits per heavy atom. The van der Waals surface area contributed by atoms with E-state index in [-0.39, 0.29) is 5.92 Å². The number of aromatic nitrogens is 3. The van der Waals surface area contributed by atoms with Crippen LogP contribution in [0.4, 0.5) is 5.69 Å². The SMILES string of the molecule is CNc1ccncc1-c1nnc(C2CCC(C=O)CC2)s1. The van der Waals surface area contributed by atoms with Crippen LogP contribution in [-0.4, -0.2) is 28.5 Å². The van der Waals surface area contributed by atoms with Crippen LogP contribution in [0.15, 0.2) is 18.5 Å². The maximum absolute atomic E-state index is 10.8. The molecular weight excluding hydrogens is 284 g/mol. The first-order valence-corrected chi connectivity index (χ1v) is 8.04. The van der Waals surface area contributed by atoms with Gasteiger partial charge >= 0.3 is 0 Å². The van der Waals surface area contributed by atoms with Gasteiger partial charge in [-0.25, -0.2) is 0 Å². The normalized spacial score (nSPS) is 22.0. The van der Waals surface area contributed by atoms with Crippen LogP contribution >= 0.6 is 11.3 Å². The van der Waals surface area contributed by atoms with Crippen LogP contribution in [0.1, 0.15) is 36.6 Å². The molecule has 0 amide bonds. The van der Waals surface area contributed by atoms with Gasteiger partial charge in [-0.2, -0.15) is 0 Å². The third-order valence-corrected chi connectivity index (χ3v) is 5.19. The van der Waals surface area contributed by atoms with Gasteiger partial charge < -0.3 is 10.1 Å². The van der Waals surface area contributed by atoms with Crippen LogP contribution in [-0.2, 0) is 4.79 Å². The highest BCUT2D eigenvalue weighted by molar-refractivity contribution is 7.14. The average Bonchev–Trinajstić information content (AvgIpc) is 3.04. The van der Waals surface area contributed by atoms with E-state index >= 15 is 0 Å². The number of hydrogen-bond acceptors (Lipinski definition) is 6. The summed E-state index contributed by atoms with van der Waals surface area (Å²) in [5, 5.41) is 13.8. The quantitative estimate of drug-likeness (QED) is 0.879. The van der Waals surface area contributed by atoms with Crippen LogP contribution in [0.25, 0.3) is 10.6 Å². The highest BCUT2D eigenvalue weighted by Crippen LogP contribution is 2.38. The van der Waals surface area contributed by atoms with E-state index in [1.807, 2.05) is 19.3 Å². The molecular formula is C15H18N4OS. The molecule has 110 valence electrons. The van der Waals surface area contributed by atoms with Crippen LogP contribution in [0.2, 0.25) is 0 Å². The number of nitrogens with one attached hydrogen (secondary N) is 1. The summed E-state index contributed by atoms with van der Waals surface area (Å²) in [4.78, 5) is 15.0. The van der Waals surface area contributed by atoms with Gasteiger partial charge in [-0.3, -0.25) is 4.98 Å². The second-order valence-corrected chi connectivity index (χ2v) is 6.37. The maximum atomic E-state index is 10.8. The fourth-order valence-electron chi connectivity index (χ4n) is 2.79. The average molecular weight is 302 g/mol. The van der Waals surface area contributed by atoms with E-state index in [1.165, 1.54) is 0 Å². The van der Waals surface area contributed by atoms with Crippen molar-refractivity contribution in [3.8, 4) is 10.6 Å². The van der Waals surface area contributed by atoms with Gasteiger partial charge in [-0.1, -0.05) is 11.3 Å². The van der Waals surface area contributed by atoms with Crippen LogP contribution < -0.4 is 5.32 Å². The van der Waals surface area contributed by atoms with Crippen molar-refractivity contribution < 1.29 is 4.79 Å². The number of anilines is 1. The van der Waals surface area contributed by atoms with Crippen molar-refractivity contribution >= 4 is 23.3 Å². The lowest BCUT2D eigenvalue weighted by molar-refractivity contribution is -0.111. The van der Waals surface area contributed by atoms with E-state index in [0.29, 0.717) is 5.92 Å². The molecule has 1 fully saturated rings. The molecule has 1 aliphatic carbocycles. The molecule has 2 heterocycles. The van der Waals surface area contributed by atoms with Crippen LogP contribution in [0.5, 0.6) is 0 Å². The molecule has 0 aliphatic heterocycles. The van der Waals surface area contributed by atoms with Crippen molar-refractivity contribution in [2.45, 2.75) is 31.6 Å². The predicted octanol–water partition coefficient (Wildman–Crippen LogP) is 3.11. The van der Waals surface area contributed by atoms with Gasteiger partial charge in [0.05, 0.1) is 5.56 Å². The Hall–Kier alpha value is -1.82. The van der Waals surface area contributed by atoms with E-state index in [9.17, 15) is 4.79 Å². The fraction of sp³-hybridized carbons (Fsp3) is 0.467. The van der Waals surface area contributed by atoms with E-state index in [1.54, 1.807) is 17.5 Å².